The molecule has 0 radical (unpaired) electrons. The number of halogens is 1. The zero-order chi connectivity index (χ0) is 11.0. The molecule has 1 unspecified atom stereocenters. The SMILES string of the molecule is CC1CC(=O)Nc2cc(N)cc(F)c2O1. The fraction of sp³-hybridized carbons (Fsp3) is 0.300. The Balaban J connectivity index is 2.50. The number of nitrogens with two attached hydrogens (primary N) is 1. The van der Waals surface area contributed by atoms with Crippen molar-refractivity contribution in [3.8, 4) is 5.75 Å². The Morgan fingerprint density at radius 2 is 2.33 bits per heavy atom. The van der Waals surface area contributed by atoms with Gasteiger partial charge in [0.2, 0.25) is 5.91 Å². The Bertz CT molecular complexity index is 420. The number of carbonyl (C=O) groups is 1. The predicted octanol–water partition coefficient (Wildman–Crippen LogP) is 1.52. The van der Waals surface area contributed by atoms with Crippen LogP contribution in [0.3, 0.4) is 0 Å². The van der Waals surface area contributed by atoms with E-state index in [1.54, 1.807) is 6.92 Å². The first-order valence-electron chi connectivity index (χ1n) is 4.62. The lowest BCUT2D eigenvalue weighted by Crippen LogP contribution is -2.17. The molecule has 5 heteroatoms. The van der Waals surface area contributed by atoms with Gasteiger partial charge in [-0.3, -0.25) is 4.79 Å². The highest BCUT2D eigenvalue weighted by Crippen LogP contribution is 2.33. The first kappa shape index (κ1) is 9.76. The van der Waals surface area contributed by atoms with Crippen LogP contribution in [0, 0.1) is 5.82 Å². The number of anilines is 2. The van der Waals surface area contributed by atoms with E-state index in [4.69, 9.17) is 10.5 Å². The van der Waals surface area contributed by atoms with Crippen LogP contribution in [0.25, 0.3) is 0 Å². The van der Waals surface area contributed by atoms with Crippen molar-refractivity contribution in [1.29, 1.82) is 0 Å². The number of nitrogen functional groups attached to an aromatic ring is 1. The third-order valence-electron chi connectivity index (χ3n) is 2.13. The molecule has 2 rings (SSSR count). The largest absolute Gasteiger partial charge is 0.485 e. The summed E-state index contributed by atoms with van der Waals surface area (Å²) < 4.78 is 18.8. The highest BCUT2D eigenvalue weighted by atomic mass is 19.1. The van der Waals surface area contributed by atoms with Crippen molar-refractivity contribution in [2.45, 2.75) is 19.4 Å². The maximum atomic E-state index is 13.5. The number of carbonyl (C=O) groups excluding carboxylic acids is 1. The first-order chi connectivity index (χ1) is 7.06. The van der Waals surface area contributed by atoms with Crippen molar-refractivity contribution in [2.75, 3.05) is 11.1 Å². The van der Waals surface area contributed by atoms with Gasteiger partial charge in [-0.2, -0.15) is 0 Å². The van der Waals surface area contributed by atoms with E-state index in [0.717, 1.165) is 0 Å². The third-order valence-corrected chi connectivity index (χ3v) is 2.13. The second kappa shape index (κ2) is 3.42. The topological polar surface area (TPSA) is 64.4 Å². The van der Waals surface area contributed by atoms with Gasteiger partial charge in [-0.05, 0) is 13.0 Å². The molecule has 1 aromatic carbocycles. The average molecular weight is 210 g/mol. The number of ether oxygens (including phenoxy) is 1. The van der Waals surface area contributed by atoms with Gasteiger partial charge in [0, 0.05) is 11.8 Å². The van der Waals surface area contributed by atoms with E-state index in [1.807, 2.05) is 0 Å². The lowest BCUT2D eigenvalue weighted by molar-refractivity contribution is -0.117. The van der Waals surface area contributed by atoms with Crippen molar-refractivity contribution in [3.63, 3.8) is 0 Å². The average Bonchev–Trinajstić information content (AvgIpc) is 2.22. The molecule has 1 aliphatic heterocycles. The number of hydrogen-bond donors (Lipinski definition) is 2. The summed E-state index contributed by atoms with van der Waals surface area (Å²) in [6, 6.07) is 2.65. The molecule has 80 valence electrons. The Morgan fingerprint density at radius 3 is 3.07 bits per heavy atom. The molecule has 0 aromatic heterocycles. The van der Waals surface area contributed by atoms with Gasteiger partial charge in [-0.25, -0.2) is 4.39 Å². The summed E-state index contributed by atoms with van der Waals surface area (Å²) in [4.78, 5) is 11.3. The van der Waals surface area contributed by atoms with Crippen molar-refractivity contribution >= 4 is 17.3 Å². The standard InChI is InChI=1S/C10H11FN2O2/c1-5-2-9(14)13-8-4-6(12)3-7(11)10(8)15-5/h3-5H,2,12H2,1H3,(H,13,14). The van der Waals surface area contributed by atoms with Crippen LogP contribution in [-0.4, -0.2) is 12.0 Å². The summed E-state index contributed by atoms with van der Waals surface area (Å²) >= 11 is 0. The number of nitrogens with one attached hydrogen (secondary N) is 1. The van der Waals surface area contributed by atoms with Crippen LogP contribution >= 0.6 is 0 Å². The Kier molecular flexibility index (Phi) is 2.22. The van der Waals surface area contributed by atoms with Crippen molar-refractivity contribution in [1.82, 2.24) is 0 Å². The van der Waals surface area contributed by atoms with Gasteiger partial charge < -0.3 is 15.8 Å². The van der Waals surface area contributed by atoms with Crippen LogP contribution in [0.2, 0.25) is 0 Å². The summed E-state index contributed by atoms with van der Waals surface area (Å²) in [6.07, 6.45) is -0.141. The molecule has 0 spiro atoms. The van der Waals surface area contributed by atoms with Crippen LogP contribution in [0.4, 0.5) is 15.8 Å². The van der Waals surface area contributed by atoms with Crippen molar-refractivity contribution in [2.24, 2.45) is 0 Å². The van der Waals surface area contributed by atoms with Crippen LogP contribution < -0.4 is 15.8 Å². The maximum absolute atomic E-state index is 13.5. The summed E-state index contributed by atoms with van der Waals surface area (Å²) in [6.45, 7) is 1.71. The normalized spacial score (nSPS) is 19.9. The molecule has 0 saturated carbocycles. The summed E-state index contributed by atoms with van der Waals surface area (Å²) in [5.74, 6) is -0.701. The van der Waals surface area contributed by atoms with Crippen molar-refractivity contribution in [3.05, 3.63) is 17.9 Å². The molecule has 0 saturated heterocycles. The molecular formula is C10H11FN2O2. The van der Waals surface area contributed by atoms with E-state index < -0.39 is 5.82 Å². The Morgan fingerprint density at radius 1 is 1.60 bits per heavy atom. The minimum atomic E-state index is -0.556. The molecule has 1 aromatic rings. The zero-order valence-electron chi connectivity index (χ0n) is 8.21. The van der Waals surface area contributed by atoms with Gasteiger partial charge in [0.25, 0.3) is 0 Å². The zero-order valence-corrected chi connectivity index (χ0v) is 8.21. The second-order valence-electron chi connectivity index (χ2n) is 3.56. The van der Waals surface area contributed by atoms with Crippen molar-refractivity contribution < 1.29 is 13.9 Å². The maximum Gasteiger partial charge on any atom is 0.228 e. The quantitative estimate of drug-likeness (QED) is 0.638. The minimum Gasteiger partial charge on any atom is -0.485 e. The number of hydrogen-bond acceptors (Lipinski definition) is 3. The summed E-state index contributed by atoms with van der Waals surface area (Å²) in [5, 5.41) is 2.55. The molecule has 4 nitrogen and oxygen atoms in total. The number of fused-ring (bicyclic) bond motifs is 1. The fourth-order valence-corrected chi connectivity index (χ4v) is 1.53. The Hall–Kier alpha value is -1.78. The number of rotatable bonds is 0. The van der Waals surface area contributed by atoms with Gasteiger partial charge >= 0.3 is 0 Å². The van der Waals surface area contributed by atoms with Crippen LogP contribution in [-0.2, 0) is 4.79 Å². The number of amides is 1. The second-order valence-corrected chi connectivity index (χ2v) is 3.56. The van der Waals surface area contributed by atoms with E-state index in [9.17, 15) is 9.18 Å². The van der Waals surface area contributed by atoms with E-state index in [0.29, 0.717) is 5.69 Å². The van der Waals surface area contributed by atoms with Crippen LogP contribution in [0.5, 0.6) is 5.75 Å². The highest BCUT2D eigenvalue weighted by Gasteiger charge is 2.22. The molecule has 1 amide bonds. The highest BCUT2D eigenvalue weighted by molar-refractivity contribution is 5.94. The predicted molar refractivity (Wildman–Crippen MR) is 54.1 cm³/mol. The fourth-order valence-electron chi connectivity index (χ4n) is 1.53. The summed E-state index contributed by atoms with van der Waals surface area (Å²) in [7, 11) is 0. The van der Waals surface area contributed by atoms with Gasteiger partial charge in [0.1, 0.15) is 6.10 Å². The van der Waals surface area contributed by atoms with Crippen LogP contribution in [0.15, 0.2) is 12.1 Å². The van der Waals surface area contributed by atoms with E-state index in [2.05, 4.69) is 5.32 Å². The van der Waals surface area contributed by atoms with Crippen LogP contribution in [0.1, 0.15) is 13.3 Å². The smallest absolute Gasteiger partial charge is 0.228 e. The van der Waals surface area contributed by atoms with E-state index in [1.165, 1.54) is 12.1 Å². The first-order valence-corrected chi connectivity index (χ1v) is 4.62. The van der Waals surface area contributed by atoms with E-state index in [-0.39, 0.29) is 29.9 Å². The van der Waals surface area contributed by atoms with Gasteiger partial charge in [0.15, 0.2) is 11.6 Å². The Labute approximate surface area is 86.2 Å². The molecule has 3 N–H and O–H groups in total. The number of benzene rings is 1. The molecular weight excluding hydrogens is 199 g/mol. The van der Waals surface area contributed by atoms with Gasteiger partial charge in [0.05, 0.1) is 12.1 Å². The molecule has 0 aliphatic carbocycles. The molecule has 1 aliphatic rings. The molecule has 1 atom stereocenters. The summed E-state index contributed by atoms with van der Waals surface area (Å²) in [5.41, 5.74) is 6.01. The lowest BCUT2D eigenvalue weighted by Gasteiger charge is -2.12. The third kappa shape index (κ3) is 1.86. The molecule has 0 fully saturated rings. The van der Waals surface area contributed by atoms with Gasteiger partial charge in [-0.1, -0.05) is 0 Å². The minimum absolute atomic E-state index is 0.0579. The lowest BCUT2D eigenvalue weighted by atomic mass is 10.2. The molecule has 15 heavy (non-hydrogen) atoms. The molecule has 1 heterocycles. The van der Waals surface area contributed by atoms with E-state index >= 15 is 0 Å². The molecule has 0 bridgehead atoms. The monoisotopic (exact) mass is 210 g/mol. The van der Waals surface area contributed by atoms with Gasteiger partial charge in [-0.15, -0.1) is 0 Å².